The predicted molar refractivity (Wildman–Crippen MR) is 87.2 cm³/mol. The number of aromatic nitrogens is 2. The van der Waals surface area contributed by atoms with E-state index in [2.05, 4.69) is 27.8 Å². The number of amides is 1. The van der Waals surface area contributed by atoms with Crippen LogP contribution in [0.5, 0.6) is 0 Å². The number of nitrogens with zero attached hydrogens (tertiary/aromatic N) is 3. The van der Waals surface area contributed by atoms with E-state index in [0.717, 1.165) is 18.6 Å². The topological polar surface area (TPSA) is 76.3 Å². The molecule has 1 fully saturated rings. The maximum atomic E-state index is 12.4. The third-order valence-corrected chi connectivity index (χ3v) is 4.64. The fourth-order valence-corrected chi connectivity index (χ4v) is 3.31. The molecule has 1 aromatic carbocycles. The SMILES string of the molecule is Cn1nc(C(=O)N/N=C2/C[C@H]3C=CC[C@@H]23)c2ccccc2c1=O. The lowest BCUT2D eigenvalue weighted by Gasteiger charge is -2.31. The molecule has 2 atom stereocenters. The van der Waals surface area contributed by atoms with Crippen LogP contribution in [0.4, 0.5) is 0 Å². The van der Waals surface area contributed by atoms with Crippen LogP contribution >= 0.6 is 0 Å². The summed E-state index contributed by atoms with van der Waals surface area (Å²) in [7, 11) is 1.54. The molecule has 4 rings (SSSR count). The van der Waals surface area contributed by atoms with Gasteiger partial charge in [-0.2, -0.15) is 10.2 Å². The average Bonchev–Trinajstić information content (AvgIpc) is 2.92. The lowest BCUT2D eigenvalue weighted by molar-refractivity contribution is 0.0948. The first-order valence-electron chi connectivity index (χ1n) is 7.64. The molecule has 6 nitrogen and oxygen atoms in total. The molecule has 2 aliphatic carbocycles. The molecule has 1 amide bonds. The number of allylic oxidation sites excluding steroid dienone is 2. The van der Waals surface area contributed by atoms with Crippen LogP contribution < -0.4 is 11.0 Å². The maximum absolute atomic E-state index is 12.4. The van der Waals surface area contributed by atoms with Crippen molar-refractivity contribution in [3.05, 3.63) is 52.5 Å². The van der Waals surface area contributed by atoms with E-state index >= 15 is 0 Å². The first-order chi connectivity index (χ1) is 11.1. The molecular formula is C17H16N4O2. The Morgan fingerprint density at radius 3 is 2.91 bits per heavy atom. The van der Waals surface area contributed by atoms with Crippen molar-refractivity contribution >= 4 is 22.4 Å². The molecule has 0 unspecified atom stereocenters. The molecule has 1 heterocycles. The normalized spacial score (nSPS) is 23.8. The lowest BCUT2D eigenvalue weighted by Crippen LogP contribution is -2.36. The van der Waals surface area contributed by atoms with Crippen LogP contribution in [-0.2, 0) is 7.05 Å². The molecule has 23 heavy (non-hydrogen) atoms. The minimum Gasteiger partial charge on any atom is -0.267 e. The highest BCUT2D eigenvalue weighted by molar-refractivity contribution is 6.05. The average molecular weight is 308 g/mol. The highest BCUT2D eigenvalue weighted by Crippen LogP contribution is 2.40. The van der Waals surface area contributed by atoms with Crippen molar-refractivity contribution < 1.29 is 4.79 Å². The molecule has 1 saturated carbocycles. The van der Waals surface area contributed by atoms with Gasteiger partial charge in [-0.3, -0.25) is 9.59 Å². The van der Waals surface area contributed by atoms with Crippen molar-refractivity contribution in [2.45, 2.75) is 12.8 Å². The Kier molecular flexibility index (Phi) is 3.11. The lowest BCUT2D eigenvalue weighted by atomic mass is 9.74. The summed E-state index contributed by atoms with van der Waals surface area (Å²) in [5.41, 5.74) is 3.62. The molecule has 1 N–H and O–H groups in total. The van der Waals surface area contributed by atoms with E-state index in [9.17, 15) is 9.59 Å². The number of fused-ring (bicyclic) bond motifs is 2. The monoisotopic (exact) mass is 308 g/mol. The van der Waals surface area contributed by atoms with Crippen molar-refractivity contribution in [1.29, 1.82) is 0 Å². The van der Waals surface area contributed by atoms with Gasteiger partial charge in [0, 0.05) is 24.1 Å². The third-order valence-electron chi connectivity index (χ3n) is 4.64. The maximum Gasteiger partial charge on any atom is 0.292 e. The summed E-state index contributed by atoms with van der Waals surface area (Å²) in [6.07, 6.45) is 6.29. The van der Waals surface area contributed by atoms with Gasteiger partial charge in [0.1, 0.15) is 0 Å². The Morgan fingerprint density at radius 2 is 2.13 bits per heavy atom. The Balaban J connectivity index is 1.64. The van der Waals surface area contributed by atoms with Gasteiger partial charge in [-0.25, -0.2) is 10.1 Å². The fourth-order valence-electron chi connectivity index (χ4n) is 3.31. The van der Waals surface area contributed by atoms with Crippen molar-refractivity contribution in [2.24, 2.45) is 24.0 Å². The number of aryl methyl sites for hydroxylation is 1. The second-order valence-corrected chi connectivity index (χ2v) is 6.01. The highest BCUT2D eigenvalue weighted by Gasteiger charge is 2.38. The van der Waals surface area contributed by atoms with Crippen LogP contribution in [-0.4, -0.2) is 21.4 Å². The smallest absolute Gasteiger partial charge is 0.267 e. The largest absolute Gasteiger partial charge is 0.292 e. The van der Waals surface area contributed by atoms with Gasteiger partial charge in [0.25, 0.3) is 11.5 Å². The molecule has 0 spiro atoms. The van der Waals surface area contributed by atoms with Gasteiger partial charge in [-0.05, 0) is 24.8 Å². The van der Waals surface area contributed by atoms with Crippen LogP contribution in [0.2, 0.25) is 0 Å². The van der Waals surface area contributed by atoms with Crippen molar-refractivity contribution in [2.75, 3.05) is 0 Å². The first kappa shape index (κ1) is 13.9. The predicted octanol–water partition coefficient (Wildman–Crippen LogP) is 1.62. The summed E-state index contributed by atoms with van der Waals surface area (Å²) >= 11 is 0. The summed E-state index contributed by atoms with van der Waals surface area (Å²) in [5.74, 6) is 0.640. The second kappa shape index (κ2) is 5.15. The molecule has 2 aliphatic rings. The van der Waals surface area contributed by atoms with Crippen molar-refractivity contribution in [3.63, 3.8) is 0 Å². The number of benzene rings is 1. The van der Waals surface area contributed by atoms with Gasteiger partial charge in [0.15, 0.2) is 5.69 Å². The summed E-state index contributed by atoms with van der Waals surface area (Å²) in [5, 5.41) is 9.38. The zero-order chi connectivity index (χ0) is 16.0. The number of hydrogen-bond acceptors (Lipinski definition) is 4. The van der Waals surface area contributed by atoms with Gasteiger partial charge in [-0.15, -0.1) is 0 Å². The zero-order valence-electron chi connectivity index (χ0n) is 12.7. The van der Waals surface area contributed by atoms with Gasteiger partial charge in [0.05, 0.1) is 5.39 Å². The van der Waals surface area contributed by atoms with Gasteiger partial charge in [-0.1, -0.05) is 30.4 Å². The van der Waals surface area contributed by atoms with Crippen LogP contribution in [0.25, 0.3) is 10.8 Å². The number of hydrazone groups is 1. The van der Waals surface area contributed by atoms with Crippen LogP contribution in [0.3, 0.4) is 0 Å². The Labute approximate surface area is 132 Å². The summed E-state index contributed by atoms with van der Waals surface area (Å²) in [4.78, 5) is 24.5. The Morgan fingerprint density at radius 1 is 1.35 bits per heavy atom. The molecule has 116 valence electrons. The molecule has 2 aromatic rings. The van der Waals surface area contributed by atoms with Crippen molar-refractivity contribution in [1.82, 2.24) is 15.2 Å². The van der Waals surface area contributed by atoms with Crippen molar-refractivity contribution in [3.8, 4) is 0 Å². The Bertz CT molecular complexity index is 926. The minimum atomic E-state index is -0.390. The minimum absolute atomic E-state index is 0.215. The first-order valence-corrected chi connectivity index (χ1v) is 7.64. The van der Waals surface area contributed by atoms with E-state index < -0.39 is 5.91 Å². The number of hydrogen-bond donors (Lipinski definition) is 1. The fraction of sp³-hybridized carbons (Fsp3) is 0.294. The molecular weight excluding hydrogens is 292 g/mol. The molecule has 0 radical (unpaired) electrons. The number of rotatable bonds is 2. The summed E-state index contributed by atoms with van der Waals surface area (Å²) in [6.45, 7) is 0. The molecule has 0 aliphatic heterocycles. The number of carbonyl (C=O) groups is 1. The zero-order valence-corrected chi connectivity index (χ0v) is 12.7. The second-order valence-electron chi connectivity index (χ2n) is 6.01. The van der Waals surface area contributed by atoms with E-state index in [4.69, 9.17) is 0 Å². The summed E-state index contributed by atoms with van der Waals surface area (Å²) < 4.78 is 1.19. The van der Waals surface area contributed by atoms with E-state index in [0.29, 0.717) is 22.6 Å². The van der Waals surface area contributed by atoms with Crippen LogP contribution in [0.1, 0.15) is 23.3 Å². The molecule has 1 aromatic heterocycles. The number of carbonyl (C=O) groups excluding carboxylic acids is 1. The van der Waals surface area contributed by atoms with E-state index in [1.54, 1.807) is 24.3 Å². The van der Waals surface area contributed by atoms with E-state index in [-0.39, 0.29) is 11.3 Å². The summed E-state index contributed by atoms with van der Waals surface area (Å²) in [6, 6.07) is 6.98. The Hall–Kier alpha value is -2.76. The molecule has 0 saturated heterocycles. The quantitative estimate of drug-likeness (QED) is 0.676. The standard InChI is InChI=1S/C17H16N4O2/c1-21-17(23)13-7-3-2-6-12(13)15(20-21)16(22)19-18-14-9-10-5-4-8-11(10)14/h2-7,10-11H,8-9H2,1H3,(H,19,22)/b18-14-/t10-,11-/m1/s1. The third kappa shape index (κ3) is 2.18. The van der Waals surface area contributed by atoms with Gasteiger partial charge < -0.3 is 0 Å². The molecule has 6 heteroatoms. The molecule has 0 bridgehead atoms. The van der Waals surface area contributed by atoms with Gasteiger partial charge in [0.2, 0.25) is 0 Å². The van der Waals surface area contributed by atoms with E-state index in [1.807, 2.05) is 0 Å². The van der Waals surface area contributed by atoms with Crippen LogP contribution in [0.15, 0.2) is 46.3 Å². The highest BCUT2D eigenvalue weighted by atomic mass is 16.2. The van der Waals surface area contributed by atoms with Crippen LogP contribution in [0, 0.1) is 11.8 Å². The van der Waals surface area contributed by atoms with Gasteiger partial charge >= 0.3 is 0 Å². The van der Waals surface area contributed by atoms with E-state index in [1.165, 1.54) is 11.7 Å². The number of nitrogens with one attached hydrogen (secondary N) is 1.